The summed E-state index contributed by atoms with van der Waals surface area (Å²) in [5.41, 5.74) is 2.65. The molecular weight excluding hydrogens is 334 g/mol. The molecular formula is C16H22BrNOS. The van der Waals surface area contributed by atoms with E-state index in [0.29, 0.717) is 6.04 Å². The molecule has 1 aliphatic heterocycles. The van der Waals surface area contributed by atoms with Gasteiger partial charge in [0, 0.05) is 34.3 Å². The fraction of sp³-hybridized carbons (Fsp3) is 0.625. The number of ether oxygens (including phenoxy) is 1. The van der Waals surface area contributed by atoms with E-state index in [9.17, 15) is 0 Å². The zero-order valence-corrected chi connectivity index (χ0v) is 14.4. The monoisotopic (exact) mass is 355 g/mol. The predicted molar refractivity (Wildman–Crippen MR) is 89.7 cm³/mol. The van der Waals surface area contributed by atoms with Crippen molar-refractivity contribution in [1.29, 1.82) is 0 Å². The number of thioether (sulfide) groups is 1. The molecule has 0 aromatic heterocycles. The fourth-order valence-electron chi connectivity index (χ4n) is 3.28. The van der Waals surface area contributed by atoms with E-state index in [4.69, 9.17) is 4.74 Å². The second kappa shape index (κ2) is 6.71. The van der Waals surface area contributed by atoms with E-state index < -0.39 is 0 Å². The lowest BCUT2D eigenvalue weighted by atomic mass is 9.94. The van der Waals surface area contributed by atoms with Gasteiger partial charge in [0.25, 0.3) is 0 Å². The van der Waals surface area contributed by atoms with Crippen LogP contribution in [0.15, 0.2) is 16.6 Å². The van der Waals surface area contributed by atoms with E-state index in [1.54, 1.807) is 0 Å². The highest BCUT2D eigenvalue weighted by Gasteiger charge is 2.22. The van der Waals surface area contributed by atoms with Crippen LogP contribution >= 0.6 is 27.7 Å². The first-order valence-electron chi connectivity index (χ1n) is 7.46. The third-order valence-corrected chi connectivity index (χ3v) is 5.92. The Kier molecular flexibility index (Phi) is 4.95. The van der Waals surface area contributed by atoms with Crippen molar-refractivity contribution in [3.8, 4) is 5.75 Å². The molecule has 0 spiro atoms. The van der Waals surface area contributed by atoms with E-state index in [0.717, 1.165) is 30.6 Å². The molecule has 2 atom stereocenters. The van der Waals surface area contributed by atoms with Crippen LogP contribution in [-0.4, -0.2) is 24.2 Å². The predicted octanol–water partition coefficient (Wildman–Crippen LogP) is 4.15. The van der Waals surface area contributed by atoms with E-state index in [-0.39, 0.29) is 0 Å². The molecule has 1 saturated carbocycles. The minimum absolute atomic E-state index is 0.664. The molecule has 20 heavy (non-hydrogen) atoms. The third kappa shape index (κ3) is 3.34. The average molecular weight is 356 g/mol. The molecule has 1 aromatic rings. The van der Waals surface area contributed by atoms with Crippen LogP contribution in [0.2, 0.25) is 0 Å². The minimum Gasteiger partial charge on any atom is -0.493 e. The molecule has 2 nitrogen and oxygen atoms in total. The summed E-state index contributed by atoms with van der Waals surface area (Å²) in [7, 11) is 0. The number of nitrogens with one attached hydrogen (secondary N) is 1. The number of hydrogen-bond acceptors (Lipinski definition) is 3. The van der Waals surface area contributed by atoms with Gasteiger partial charge in [0.2, 0.25) is 0 Å². The van der Waals surface area contributed by atoms with E-state index in [1.165, 1.54) is 41.3 Å². The first kappa shape index (κ1) is 14.7. The summed E-state index contributed by atoms with van der Waals surface area (Å²) in [5.74, 6) is 1.12. The highest BCUT2D eigenvalue weighted by molar-refractivity contribution is 9.10. The molecule has 0 saturated heterocycles. The summed E-state index contributed by atoms with van der Waals surface area (Å²) < 4.78 is 6.97. The molecule has 1 heterocycles. The van der Waals surface area contributed by atoms with Crippen molar-refractivity contribution in [3.63, 3.8) is 0 Å². The second-order valence-electron chi connectivity index (χ2n) is 5.75. The van der Waals surface area contributed by atoms with Crippen molar-refractivity contribution in [2.45, 2.75) is 49.9 Å². The number of fused-ring (bicyclic) bond motifs is 1. The van der Waals surface area contributed by atoms with Gasteiger partial charge in [-0.1, -0.05) is 22.4 Å². The van der Waals surface area contributed by atoms with Crippen LogP contribution in [0.25, 0.3) is 0 Å². The highest BCUT2D eigenvalue weighted by atomic mass is 79.9. The van der Waals surface area contributed by atoms with Gasteiger partial charge in [0.05, 0.1) is 6.61 Å². The van der Waals surface area contributed by atoms with Gasteiger partial charge in [-0.25, -0.2) is 0 Å². The summed E-state index contributed by atoms with van der Waals surface area (Å²) >= 11 is 5.64. The summed E-state index contributed by atoms with van der Waals surface area (Å²) in [5, 5.41) is 4.58. The van der Waals surface area contributed by atoms with Crippen LogP contribution < -0.4 is 10.1 Å². The quantitative estimate of drug-likeness (QED) is 0.876. The van der Waals surface area contributed by atoms with Crippen molar-refractivity contribution in [2.24, 2.45) is 0 Å². The number of benzene rings is 1. The maximum Gasteiger partial charge on any atom is 0.127 e. The average Bonchev–Trinajstić information content (AvgIpc) is 2.93. The summed E-state index contributed by atoms with van der Waals surface area (Å²) in [6.45, 7) is 1.75. The van der Waals surface area contributed by atoms with E-state index >= 15 is 0 Å². The number of halogens is 1. The van der Waals surface area contributed by atoms with Crippen molar-refractivity contribution in [1.82, 2.24) is 5.32 Å². The van der Waals surface area contributed by atoms with Gasteiger partial charge in [-0.3, -0.25) is 0 Å². The normalized spacial score (nSPS) is 25.3. The Morgan fingerprint density at radius 2 is 2.30 bits per heavy atom. The zero-order chi connectivity index (χ0) is 13.9. The van der Waals surface area contributed by atoms with E-state index in [1.807, 2.05) is 11.8 Å². The van der Waals surface area contributed by atoms with Gasteiger partial charge in [-0.2, -0.15) is 11.8 Å². The fourth-order valence-corrected chi connectivity index (χ4v) is 4.66. The highest BCUT2D eigenvalue weighted by Crippen LogP contribution is 2.33. The van der Waals surface area contributed by atoms with E-state index in [2.05, 4.69) is 39.6 Å². The standard InChI is InChI=1S/C16H22BrNOS/c1-20-15-4-2-3-14(9-15)18-10-12-8-13(17)7-11-5-6-19-16(11)12/h7-8,14-15,18H,2-6,9-10H2,1H3. The van der Waals surface area contributed by atoms with Gasteiger partial charge in [0.1, 0.15) is 5.75 Å². The molecule has 3 rings (SSSR count). The van der Waals surface area contributed by atoms with Crippen LogP contribution in [-0.2, 0) is 13.0 Å². The molecule has 1 N–H and O–H groups in total. The molecule has 0 radical (unpaired) electrons. The SMILES string of the molecule is CSC1CCCC(NCc2cc(Br)cc3c2OCC3)C1. The van der Waals surface area contributed by atoms with Gasteiger partial charge in [0.15, 0.2) is 0 Å². The Balaban J connectivity index is 1.64. The van der Waals surface area contributed by atoms with Crippen molar-refractivity contribution in [2.75, 3.05) is 12.9 Å². The van der Waals surface area contributed by atoms with Gasteiger partial charge in [-0.15, -0.1) is 0 Å². The van der Waals surface area contributed by atoms with Crippen molar-refractivity contribution < 1.29 is 4.74 Å². The zero-order valence-electron chi connectivity index (χ0n) is 12.0. The first-order valence-corrected chi connectivity index (χ1v) is 9.54. The summed E-state index contributed by atoms with van der Waals surface area (Å²) in [6, 6.07) is 5.06. The lowest BCUT2D eigenvalue weighted by Gasteiger charge is -2.29. The molecule has 0 bridgehead atoms. The van der Waals surface area contributed by atoms with Gasteiger partial charge < -0.3 is 10.1 Å². The van der Waals surface area contributed by atoms with Crippen LogP contribution in [0, 0.1) is 0 Å². The molecule has 110 valence electrons. The molecule has 0 amide bonds. The molecule has 2 unspecified atom stereocenters. The van der Waals surface area contributed by atoms with Crippen molar-refractivity contribution in [3.05, 3.63) is 27.7 Å². The molecule has 1 aliphatic carbocycles. The van der Waals surface area contributed by atoms with Gasteiger partial charge >= 0.3 is 0 Å². The molecule has 4 heteroatoms. The van der Waals surface area contributed by atoms with Crippen LogP contribution in [0.4, 0.5) is 0 Å². The first-order chi connectivity index (χ1) is 9.76. The lowest BCUT2D eigenvalue weighted by molar-refractivity contribution is 0.346. The molecule has 1 fully saturated rings. The maximum absolute atomic E-state index is 5.80. The Morgan fingerprint density at radius 1 is 1.40 bits per heavy atom. The topological polar surface area (TPSA) is 21.3 Å². The van der Waals surface area contributed by atoms with Gasteiger partial charge in [-0.05, 0) is 43.2 Å². The lowest BCUT2D eigenvalue weighted by Crippen LogP contribution is -2.34. The van der Waals surface area contributed by atoms with Crippen molar-refractivity contribution >= 4 is 27.7 Å². The minimum atomic E-state index is 0.664. The summed E-state index contributed by atoms with van der Waals surface area (Å²) in [6.07, 6.45) is 8.64. The second-order valence-corrected chi connectivity index (χ2v) is 7.81. The Labute approximate surface area is 134 Å². The molecule has 2 aliphatic rings. The maximum atomic E-state index is 5.80. The largest absolute Gasteiger partial charge is 0.493 e. The summed E-state index contributed by atoms with van der Waals surface area (Å²) in [4.78, 5) is 0. The van der Waals surface area contributed by atoms with Crippen LogP contribution in [0.1, 0.15) is 36.8 Å². The Hall–Kier alpha value is -0.190. The molecule has 1 aromatic carbocycles. The van der Waals surface area contributed by atoms with Crippen LogP contribution in [0.3, 0.4) is 0 Å². The Morgan fingerprint density at radius 3 is 3.15 bits per heavy atom. The Bertz CT molecular complexity index is 480. The van der Waals surface area contributed by atoms with Crippen LogP contribution in [0.5, 0.6) is 5.75 Å². The number of rotatable bonds is 4. The third-order valence-electron chi connectivity index (χ3n) is 4.37. The smallest absolute Gasteiger partial charge is 0.127 e. The number of hydrogen-bond donors (Lipinski definition) is 1.